The fraction of sp³-hybridized carbons (Fsp3) is 0.417. The molecule has 1 aliphatic rings. The number of hydrogen-bond acceptors (Lipinski definition) is 3. The van der Waals surface area contributed by atoms with Crippen LogP contribution in [0.3, 0.4) is 0 Å². The molecule has 1 heterocycles. The Bertz CT molecular complexity index is 507. The molecule has 0 bridgehead atoms. The monoisotopic (exact) mass is 293 g/mol. The molecule has 0 aliphatic carbocycles. The predicted octanol–water partition coefficient (Wildman–Crippen LogP) is 2.78. The summed E-state index contributed by atoms with van der Waals surface area (Å²) in [4.78, 5) is 10.8. The van der Waals surface area contributed by atoms with E-state index in [1.165, 1.54) is 0 Å². The summed E-state index contributed by atoms with van der Waals surface area (Å²) >= 11 is 0. The van der Waals surface area contributed by atoms with E-state index in [0.717, 1.165) is 12.1 Å². The van der Waals surface area contributed by atoms with Crippen LogP contribution in [0.4, 0.5) is 22.4 Å². The summed E-state index contributed by atoms with van der Waals surface area (Å²) in [5.41, 5.74) is 0.126. The first-order valence-electron chi connectivity index (χ1n) is 5.69. The fourth-order valence-corrected chi connectivity index (χ4v) is 1.68. The van der Waals surface area contributed by atoms with Crippen molar-refractivity contribution >= 4 is 6.09 Å². The lowest BCUT2D eigenvalue weighted by molar-refractivity contribution is -0.0249. The number of carbonyl (C=O) groups excluding carboxylic acids is 1. The normalized spacial score (nSPS) is 18.6. The third-order valence-electron chi connectivity index (χ3n) is 2.57. The van der Waals surface area contributed by atoms with Crippen molar-refractivity contribution in [2.75, 3.05) is 13.2 Å². The number of rotatable bonds is 4. The molecule has 110 valence electrons. The Morgan fingerprint density at radius 1 is 1.40 bits per heavy atom. The largest absolute Gasteiger partial charge is 0.481 e. The zero-order valence-corrected chi connectivity index (χ0v) is 10.4. The highest BCUT2D eigenvalue weighted by Crippen LogP contribution is 2.28. The number of amides is 1. The molecule has 1 atom stereocenters. The molecule has 0 spiro atoms. The summed E-state index contributed by atoms with van der Waals surface area (Å²) in [6, 6.07) is 1.13. The number of halogens is 4. The molecule has 0 saturated carbocycles. The molecule has 1 aromatic rings. The van der Waals surface area contributed by atoms with Gasteiger partial charge in [-0.15, -0.1) is 0 Å². The minimum absolute atomic E-state index is 0.0645. The summed E-state index contributed by atoms with van der Waals surface area (Å²) in [5.74, 6) is -6.32. The van der Waals surface area contributed by atoms with Crippen LogP contribution in [0.2, 0.25) is 0 Å². The van der Waals surface area contributed by atoms with E-state index in [4.69, 9.17) is 0 Å². The third-order valence-corrected chi connectivity index (χ3v) is 2.57. The molecule has 20 heavy (non-hydrogen) atoms. The van der Waals surface area contributed by atoms with E-state index in [1.54, 1.807) is 0 Å². The minimum atomic E-state index is -3.20. The number of alkyl halides is 2. The van der Waals surface area contributed by atoms with Crippen molar-refractivity contribution < 1.29 is 31.8 Å². The lowest BCUT2D eigenvalue weighted by Gasteiger charge is -2.15. The number of benzene rings is 1. The molecule has 1 N–H and O–H groups in total. The fourth-order valence-electron chi connectivity index (χ4n) is 1.68. The maximum atomic E-state index is 13.7. The summed E-state index contributed by atoms with van der Waals surface area (Å²) < 4.78 is 61.6. The van der Waals surface area contributed by atoms with E-state index >= 15 is 0 Å². The van der Waals surface area contributed by atoms with E-state index in [1.807, 2.05) is 0 Å². The second-order valence-corrected chi connectivity index (χ2v) is 4.47. The quantitative estimate of drug-likeness (QED) is 0.868. The highest BCUT2D eigenvalue weighted by atomic mass is 19.3. The summed E-state index contributed by atoms with van der Waals surface area (Å²) in [7, 11) is 0. The molecule has 0 radical (unpaired) electrons. The van der Waals surface area contributed by atoms with Crippen molar-refractivity contribution in [3.8, 4) is 5.75 Å². The Morgan fingerprint density at radius 3 is 2.45 bits per heavy atom. The van der Waals surface area contributed by atoms with Crippen LogP contribution < -0.4 is 10.1 Å². The van der Waals surface area contributed by atoms with Crippen molar-refractivity contribution in [3.63, 3.8) is 0 Å². The lowest BCUT2D eigenvalue weighted by Crippen LogP contribution is -2.22. The number of cyclic esters (lactones) is 1. The molecule has 0 aromatic heterocycles. The molecular formula is C12H11F4NO3. The van der Waals surface area contributed by atoms with Gasteiger partial charge in [-0.2, -0.15) is 0 Å². The van der Waals surface area contributed by atoms with Crippen LogP contribution in [0.15, 0.2) is 12.1 Å². The van der Waals surface area contributed by atoms with Gasteiger partial charge in [-0.05, 0) is 17.7 Å². The van der Waals surface area contributed by atoms with E-state index in [-0.39, 0.29) is 12.2 Å². The standard InChI is InChI=1S/C12H11F4NO3/c1-12(15,16)5-20-10-7(13)2-6(3-8(10)14)9-4-19-11(18)17-9/h2-3,9H,4-5H2,1H3,(H,17,18). The highest BCUT2D eigenvalue weighted by Gasteiger charge is 2.28. The Labute approximate surface area is 111 Å². The molecule has 1 aromatic carbocycles. The van der Waals surface area contributed by atoms with Gasteiger partial charge in [0.05, 0.1) is 6.04 Å². The van der Waals surface area contributed by atoms with Crippen LogP contribution in [-0.2, 0) is 4.74 Å². The van der Waals surface area contributed by atoms with E-state index < -0.39 is 42.0 Å². The molecule has 1 amide bonds. The van der Waals surface area contributed by atoms with Crippen LogP contribution in [0, 0.1) is 11.6 Å². The van der Waals surface area contributed by atoms with Crippen LogP contribution >= 0.6 is 0 Å². The first-order valence-corrected chi connectivity index (χ1v) is 5.69. The Morgan fingerprint density at radius 2 is 2.00 bits per heavy atom. The highest BCUT2D eigenvalue weighted by molar-refractivity contribution is 5.70. The van der Waals surface area contributed by atoms with E-state index in [2.05, 4.69) is 14.8 Å². The third kappa shape index (κ3) is 3.31. The van der Waals surface area contributed by atoms with Crippen LogP contribution in [0.5, 0.6) is 5.75 Å². The molecule has 8 heteroatoms. The van der Waals surface area contributed by atoms with Crippen molar-refractivity contribution in [2.24, 2.45) is 0 Å². The Hall–Kier alpha value is -1.99. The Balaban J connectivity index is 2.18. The second-order valence-electron chi connectivity index (χ2n) is 4.47. The average Bonchev–Trinajstić information content (AvgIpc) is 2.73. The van der Waals surface area contributed by atoms with Gasteiger partial charge in [0.1, 0.15) is 6.61 Å². The van der Waals surface area contributed by atoms with Crippen LogP contribution in [-0.4, -0.2) is 25.2 Å². The number of ether oxygens (including phenoxy) is 2. The topological polar surface area (TPSA) is 47.6 Å². The number of carbonyl (C=O) groups is 1. The SMILES string of the molecule is CC(F)(F)COc1c(F)cc(C2COC(=O)N2)cc1F. The predicted molar refractivity (Wildman–Crippen MR) is 59.7 cm³/mol. The minimum Gasteiger partial charge on any atom is -0.481 e. The zero-order valence-electron chi connectivity index (χ0n) is 10.4. The second kappa shape index (κ2) is 5.18. The molecular weight excluding hydrogens is 282 g/mol. The maximum Gasteiger partial charge on any atom is 0.407 e. The van der Waals surface area contributed by atoms with Gasteiger partial charge in [0, 0.05) is 6.92 Å². The summed E-state index contributed by atoms with van der Waals surface area (Å²) in [6.45, 7) is -0.628. The summed E-state index contributed by atoms with van der Waals surface area (Å²) in [6.07, 6.45) is -0.693. The first kappa shape index (κ1) is 14.4. The molecule has 1 saturated heterocycles. The maximum absolute atomic E-state index is 13.7. The molecule has 4 nitrogen and oxygen atoms in total. The smallest absolute Gasteiger partial charge is 0.407 e. The number of alkyl carbamates (subject to hydrolysis) is 1. The average molecular weight is 293 g/mol. The van der Waals surface area contributed by atoms with Crippen LogP contribution in [0.25, 0.3) is 0 Å². The van der Waals surface area contributed by atoms with Crippen molar-refractivity contribution in [1.82, 2.24) is 5.32 Å². The van der Waals surface area contributed by atoms with Gasteiger partial charge < -0.3 is 14.8 Å². The summed E-state index contributed by atoms with van der Waals surface area (Å²) in [5, 5.41) is 2.35. The van der Waals surface area contributed by atoms with Gasteiger partial charge in [-0.1, -0.05) is 0 Å². The Kier molecular flexibility index (Phi) is 3.74. The van der Waals surface area contributed by atoms with Gasteiger partial charge in [-0.3, -0.25) is 0 Å². The van der Waals surface area contributed by atoms with Gasteiger partial charge in [0.25, 0.3) is 5.92 Å². The van der Waals surface area contributed by atoms with Gasteiger partial charge >= 0.3 is 6.09 Å². The van der Waals surface area contributed by atoms with Crippen molar-refractivity contribution in [3.05, 3.63) is 29.3 Å². The molecule has 2 rings (SSSR count). The van der Waals surface area contributed by atoms with E-state index in [0.29, 0.717) is 6.92 Å². The van der Waals surface area contributed by atoms with Gasteiger partial charge in [0.15, 0.2) is 24.0 Å². The molecule has 1 unspecified atom stereocenters. The van der Waals surface area contributed by atoms with Crippen LogP contribution in [0.1, 0.15) is 18.5 Å². The molecule has 1 fully saturated rings. The van der Waals surface area contributed by atoms with Crippen molar-refractivity contribution in [1.29, 1.82) is 0 Å². The molecule has 1 aliphatic heterocycles. The lowest BCUT2D eigenvalue weighted by atomic mass is 10.1. The zero-order chi connectivity index (χ0) is 14.9. The number of hydrogen-bond donors (Lipinski definition) is 1. The van der Waals surface area contributed by atoms with Gasteiger partial charge in [-0.25, -0.2) is 22.4 Å². The van der Waals surface area contributed by atoms with Gasteiger partial charge in [0.2, 0.25) is 0 Å². The van der Waals surface area contributed by atoms with Crippen molar-refractivity contribution in [2.45, 2.75) is 18.9 Å². The van der Waals surface area contributed by atoms with E-state index in [9.17, 15) is 22.4 Å². The number of nitrogens with one attached hydrogen (secondary N) is 1. The first-order chi connectivity index (χ1) is 9.26.